The van der Waals surface area contributed by atoms with Gasteiger partial charge in [0.15, 0.2) is 0 Å². The number of benzene rings is 2. The normalized spacial score (nSPS) is 11.6. The summed E-state index contributed by atoms with van der Waals surface area (Å²) in [6.45, 7) is 3.89. The average molecular weight is 299 g/mol. The van der Waals surface area contributed by atoms with Gasteiger partial charge >= 0.3 is 0 Å². The number of phenolic OH excluding ortho intramolecular Hbond substituents is 2. The van der Waals surface area contributed by atoms with E-state index in [0.717, 1.165) is 0 Å². The number of rotatable bonds is 5. The highest BCUT2D eigenvalue weighted by Gasteiger charge is 2.36. The van der Waals surface area contributed by atoms with E-state index in [2.05, 4.69) is 0 Å². The van der Waals surface area contributed by atoms with E-state index in [9.17, 15) is 20.1 Å². The largest absolute Gasteiger partial charge is 0.549 e. The molecule has 0 aromatic heterocycles. The molecule has 0 aliphatic carbocycles. The Bertz CT molecular complexity index is 596. The minimum atomic E-state index is -1.32. The second kappa shape index (κ2) is 6.10. The van der Waals surface area contributed by atoms with Gasteiger partial charge in [-0.05, 0) is 47.7 Å². The molecule has 0 atom stereocenters. The average Bonchev–Trinajstić information content (AvgIpc) is 2.46. The van der Waals surface area contributed by atoms with Gasteiger partial charge in [-0.2, -0.15) is 0 Å². The van der Waals surface area contributed by atoms with Crippen LogP contribution in [0.5, 0.6) is 11.5 Å². The molecule has 0 aliphatic heterocycles. The highest BCUT2D eigenvalue weighted by molar-refractivity contribution is 5.84. The highest BCUT2D eigenvalue weighted by Crippen LogP contribution is 2.39. The quantitative estimate of drug-likeness (QED) is 0.886. The first-order chi connectivity index (χ1) is 10.4. The van der Waals surface area contributed by atoms with Gasteiger partial charge in [-0.25, -0.2) is 0 Å². The van der Waals surface area contributed by atoms with Crippen molar-refractivity contribution in [1.82, 2.24) is 0 Å². The van der Waals surface area contributed by atoms with E-state index < -0.39 is 11.4 Å². The number of hydrogen-bond donors (Lipinski definition) is 2. The lowest BCUT2D eigenvalue weighted by atomic mass is 9.69. The van der Waals surface area contributed by atoms with Gasteiger partial charge in [-0.1, -0.05) is 38.1 Å². The number of carboxylic acid groups (broad SMARTS) is 1. The lowest BCUT2D eigenvalue weighted by molar-refractivity contribution is -0.312. The van der Waals surface area contributed by atoms with E-state index in [-0.39, 0.29) is 17.4 Å². The minimum absolute atomic E-state index is 0.0752. The van der Waals surface area contributed by atoms with Crippen molar-refractivity contribution in [3.8, 4) is 11.5 Å². The summed E-state index contributed by atoms with van der Waals surface area (Å²) in [4.78, 5) is 12.1. The Balaban J connectivity index is 2.67. The smallest absolute Gasteiger partial charge is 0.115 e. The number of hydrogen-bond acceptors (Lipinski definition) is 4. The summed E-state index contributed by atoms with van der Waals surface area (Å²) in [6, 6.07) is 12.3. The second-order valence-corrected chi connectivity index (χ2v) is 5.88. The summed E-state index contributed by atoms with van der Waals surface area (Å²) in [5.74, 6) is -0.935. The Morgan fingerprint density at radius 3 is 1.59 bits per heavy atom. The fourth-order valence-corrected chi connectivity index (χ4v) is 2.83. The predicted molar refractivity (Wildman–Crippen MR) is 81.5 cm³/mol. The maximum atomic E-state index is 12.1. The van der Waals surface area contributed by atoms with Gasteiger partial charge in [0.2, 0.25) is 0 Å². The Morgan fingerprint density at radius 2 is 1.32 bits per heavy atom. The Kier molecular flexibility index (Phi) is 4.40. The van der Waals surface area contributed by atoms with Crippen molar-refractivity contribution in [1.29, 1.82) is 0 Å². The van der Waals surface area contributed by atoms with E-state index in [1.54, 1.807) is 24.3 Å². The van der Waals surface area contributed by atoms with Crippen LogP contribution in [0.3, 0.4) is 0 Å². The molecule has 0 aliphatic rings. The van der Waals surface area contributed by atoms with Gasteiger partial charge in [0.1, 0.15) is 11.5 Å². The number of aromatic hydroxyl groups is 2. The van der Waals surface area contributed by atoms with Crippen LogP contribution in [0.25, 0.3) is 0 Å². The zero-order chi connectivity index (χ0) is 16.3. The van der Waals surface area contributed by atoms with Crippen LogP contribution in [0.2, 0.25) is 0 Å². The van der Waals surface area contributed by atoms with Crippen molar-refractivity contribution < 1.29 is 20.1 Å². The van der Waals surface area contributed by atoms with Gasteiger partial charge in [-0.3, -0.25) is 0 Å². The molecule has 2 N–H and O–H groups in total. The van der Waals surface area contributed by atoms with Crippen molar-refractivity contribution in [3.63, 3.8) is 0 Å². The zero-order valence-electron chi connectivity index (χ0n) is 12.6. The lowest BCUT2D eigenvalue weighted by Crippen LogP contribution is -2.47. The van der Waals surface area contributed by atoms with E-state index in [0.29, 0.717) is 17.5 Å². The van der Waals surface area contributed by atoms with Crippen LogP contribution in [0.15, 0.2) is 48.5 Å². The molecule has 0 amide bonds. The highest BCUT2D eigenvalue weighted by atomic mass is 16.4. The van der Waals surface area contributed by atoms with Crippen molar-refractivity contribution in [2.75, 3.05) is 0 Å². The van der Waals surface area contributed by atoms with Gasteiger partial charge in [0, 0.05) is 0 Å². The number of phenols is 2. The van der Waals surface area contributed by atoms with E-state index in [1.807, 2.05) is 13.8 Å². The SMILES string of the molecule is CC(C)CC(C(=O)[O-])(c1ccc(O)cc1)c1ccc(O)cc1. The number of carbonyl (C=O) groups excluding carboxylic acids is 1. The van der Waals surface area contributed by atoms with Gasteiger partial charge in [0.05, 0.1) is 11.4 Å². The zero-order valence-corrected chi connectivity index (χ0v) is 12.6. The summed E-state index contributed by atoms with van der Waals surface area (Å²) >= 11 is 0. The van der Waals surface area contributed by atoms with Crippen molar-refractivity contribution in [3.05, 3.63) is 59.7 Å². The third kappa shape index (κ3) is 2.91. The van der Waals surface area contributed by atoms with E-state index in [1.165, 1.54) is 24.3 Å². The maximum Gasteiger partial charge on any atom is 0.115 e. The van der Waals surface area contributed by atoms with E-state index in [4.69, 9.17) is 0 Å². The number of aliphatic carboxylic acids is 1. The van der Waals surface area contributed by atoms with Crippen LogP contribution in [0, 0.1) is 5.92 Å². The van der Waals surface area contributed by atoms with Crippen LogP contribution in [0.1, 0.15) is 31.4 Å². The summed E-state index contributed by atoms with van der Waals surface area (Å²) in [6.07, 6.45) is 0.352. The third-order valence-electron chi connectivity index (χ3n) is 3.78. The molecular formula is C18H19O4-. The molecule has 0 saturated heterocycles. The van der Waals surface area contributed by atoms with Crippen LogP contribution in [0.4, 0.5) is 0 Å². The van der Waals surface area contributed by atoms with E-state index >= 15 is 0 Å². The molecule has 2 aromatic carbocycles. The Morgan fingerprint density at radius 1 is 0.955 bits per heavy atom. The maximum absolute atomic E-state index is 12.1. The molecule has 0 fully saturated rings. The molecule has 4 nitrogen and oxygen atoms in total. The van der Waals surface area contributed by atoms with Crippen LogP contribution in [-0.4, -0.2) is 16.2 Å². The summed E-state index contributed by atoms with van der Waals surface area (Å²) in [5.41, 5.74) is -0.232. The van der Waals surface area contributed by atoms with Crippen LogP contribution >= 0.6 is 0 Å². The standard InChI is InChI=1S/C18H20O4/c1-12(2)11-18(17(21)22,13-3-7-15(19)8-4-13)14-5-9-16(20)10-6-14/h3-10,12,19-20H,11H2,1-2H3,(H,21,22)/p-1. The van der Waals surface area contributed by atoms with Gasteiger partial charge in [-0.15, -0.1) is 0 Å². The fourth-order valence-electron chi connectivity index (χ4n) is 2.83. The second-order valence-electron chi connectivity index (χ2n) is 5.88. The molecule has 0 bridgehead atoms. The Hall–Kier alpha value is -2.49. The number of carboxylic acids is 1. The van der Waals surface area contributed by atoms with Gasteiger partial charge in [0.25, 0.3) is 0 Å². The monoisotopic (exact) mass is 299 g/mol. The molecule has 0 radical (unpaired) electrons. The van der Waals surface area contributed by atoms with Crippen LogP contribution in [-0.2, 0) is 10.2 Å². The molecule has 0 heterocycles. The fraction of sp³-hybridized carbons (Fsp3) is 0.278. The predicted octanol–water partition coefficient (Wildman–Crippen LogP) is 2.18. The number of carbonyl (C=O) groups is 1. The third-order valence-corrected chi connectivity index (χ3v) is 3.78. The topological polar surface area (TPSA) is 80.6 Å². The first-order valence-corrected chi connectivity index (χ1v) is 7.16. The molecule has 0 spiro atoms. The molecule has 4 heteroatoms. The lowest BCUT2D eigenvalue weighted by Gasteiger charge is -2.37. The molecule has 2 aromatic rings. The van der Waals surface area contributed by atoms with Gasteiger partial charge < -0.3 is 20.1 Å². The summed E-state index contributed by atoms with van der Waals surface area (Å²) in [7, 11) is 0. The Labute approximate surface area is 129 Å². The minimum Gasteiger partial charge on any atom is -0.549 e. The molecule has 116 valence electrons. The molecule has 0 unspecified atom stereocenters. The molecule has 0 saturated carbocycles. The first kappa shape index (κ1) is 15.9. The summed E-state index contributed by atoms with van der Waals surface area (Å²) in [5, 5.41) is 31.0. The molecular weight excluding hydrogens is 280 g/mol. The molecule has 22 heavy (non-hydrogen) atoms. The summed E-state index contributed by atoms with van der Waals surface area (Å²) < 4.78 is 0. The van der Waals surface area contributed by atoms with Crippen molar-refractivity contribution >= 4 is 5.97 Å². The first-order valence-electron chi connectivity index (χ1n) is 7.16. The molecule has 2 rings (SSSR count). The van der Waals surface area contributed by atoms with Crippen LogP contribution < -0.4 is 5.11 Å². The van der Waals surface area contributed by atoms with Crippen molar-refractivity contribution in [2.24, 2.45) is 5.92 Å². The van der Waals surface area contributed by atoms with Crippen molar-refractivity contribution in [2.45, 2.75) is 25.7 Å².